The molecule has 1 aliphatic carbocycles. The zero-order valence-electron chi connectivity index (χ0n) is 13.1. The van der Waals surface area contributed by atoms with Crippen LogP contribution < -0.4 is 10.6 Å². The van der Waals surface area contributed by atoms with E-state index in [0.29, 0.717) is 17.9 Å². The molecular weight excluding hydrogens is 280 g/mol. The highest BCUT2D eigenvalue weighted by atomic mass is 16.1. The number of amides is 1. The summed E-state index contributed by atoms with van der Waals surface area (Å²) in [6.45, 7) is 5.63. The van der Waals surface area contributed by atoms with Crippen molar-refractivity contribution in [3.05, 3.63) is 17.5 Å². The van der Waals surface area contributed by atoms with Gasteiger partial charge in [0.25, 0.3) is 0 Å². The molecule has 0 bridgehead atoms. The van der Waals surface area contributed by atoms with Crippen LogP contribution in [0.25, 0.3) is 0 Å². The molecule has 1 aromatic rings. The van der Waals surface area contributed by atoms with Gasteiger partial charge in [-0.3, -0.25) is 9.59 Å². The fourth-order valence-electron chi connectivity index (χ4n) is 3.34. The van der Waals surface area contributed by atoms with Crippen LogP contribution in [0.1, 0.15) is 49.2 Å². The summed E-state index contributed by atoms with van der Waals surface area (Å²) < 4.78 is 0. The van der Waals surface area contributed by atoms with Crippen LogP contribution in [0, 0.1) is 11.3 Å². The number of ketones is 1. The molecular formula is C16H22N4O2. The highest BCUT2D eigenvalue weighted by molar-refractivity contribution is 5.98. The Morgan fingerprint density at radius 2 is 2.00 bits per heavy atom. The number of piperidine rings is 1. The highest BCUT2D eigenvalue weighted by Crippen LogP contribution is 2.34. The minimum atomic E-state index is -0.224. The molecule has 6 heteroatoms. The average Bonchev–Trinajstić information content (AvgIpc) is 2.45. The van der Waals surface area contributed by atoms with Gasteiger partial charge in [-0.25, -0.2) is 9.97 Å². The van der Waals surface area contributed by atoms with Crippen molar-refractivity contribution in [2.24, 2.45) is 17.1 Å². The molecule has 6 nitrogen and oxygen atoms in total. The Balaban J connectivity index is 1.80. The van der Waals surface area contributed by atoms with Crippen LogP contribution in [0.3, 0.4) is 0 Å². The Morgan fingerprint density at radius 3 is 2.64 bits per heavy atom. The molecule has 1 amide bonds. The summed E-state index contributed by atoms with van der Waals surface area (Å²) in [4.78, 5) is 34.5. The summed E-state index contributed by atoms with van der Waals surface area (Å²) in [5.41, 5.74) is 6.83. The smallest absolute Gasteiger partial charge is 0.225 e. The number of carbonyl (C=O) groups excluding carboxylic acids is 2. The molecule has 1 saturated heterocycles. The molecule has 2 heterocycles. The lowest BCUT2D eigenvalue weighted by atomic mass is 9.76. The van der Waals surface area contributed by atoms with Crippen LogP contribution >= 0.6 is 0 Å². The van der Waals surface area contributed by atoms with E-state index in [9.17, 15) is 9.59 Å². The quantitative estimate of drug-likeness (QED) is 0.890. The number of primary amides is 1. The first-order valence-corrected chi connectivity index (χ1v) is 7.79. The van der Waals surface area contributed by atoms with Gasteiger partial charge in [0, 0.05) is 31.6 Å². The topological polar surface area (TPSA) is 89.2 Å². The van der Waals surface area contributed by atoms with E-state index in [-0.39, 0.29) is 23.0 Å². The minimum Gasteiger partial charge on any atom is -0.369 e. The third-order valence-corrected chi connectivity index (χ3v) is 4.62. The molecule has 2 aliphatic rings. The zero-order chi connectivity index (χ0) is 15.9. The van der Waals surface area contributed by atoms with Crippen molar-refractivity contribution in [2.45, 2.75) is 39.5 Å². The maximum absolute atomic E-state index is 12.2. The summed E-state index contributed by atoms with van der Waals surface area (Å²) in [7, 11) is 0. The van der Waals surface area contributed by atoms with Crippen LogP contribution in [0.2, 0.25) is 0 Å². The fourth-order valence-corrected chi connectivity index (χ4v) is 3.34. The predicted molar refractivity (Wildman–Crippen MR) is 82.6 cm³/mol. The maximum atomic E-state index is 12.2. The van der Waals surface area contributed by atoms with Crippen LogP contribution in [-0.4, -0.2) is 34.7 Å². The van der Waals surface area contributed by atoms with Crippen molar-refractivity contribution in [1.82, 2.24) is 9.97 Å². The third-order valence-electron chi connectivity index (χ3n) is 4.62. The van der Waals surface area contributed by atoms with Crippen molar-refractivity contribution in [3.63, 3.8) is 0 Å². The Morgan fingerprint density at radius 1 is 1.32 bits per heavy atom. The molecule has 1 aromatic heterocycles. The standard InChI is InChI=1S/C16H22N4O2/c1-16(2)7-12-11(13(21)8-16)9-18-15(19-12)20-5-3-10(4-6-20)14(17)22/h9-10H,3-8H2,1-2H3,(H2,17,22). The van der Waals surface area contributed by atoms with Gasteiger partial charge in [-0.05, 0) is 24.7 Å². The molecule has 3 rings (SSSR count). The Kier molecular flexibility index (Phi) is 3.62. The van der Waals surface area contributed by atoms with E-state index in [1.807, 2.05) is 0 Å². The fraction of sp³-hybridized carbons (Fsp3) is 0.625. The molecule has 1 aliphatic heterocycles. The lowest BCUT2D eigenvalue weighted by Gasteiger charge is -2.33. The second-order valence-electron chi connectivity index (χ2n) is 7.14. The van der Waals surface area contributed by atoms with Crippen LogP contribution in [0.5, 0.6) is 0 Å². The van der Waals surface area contributed by atoms with Crippen LogP contribution in [0.4, 0.5) is 5.95 Å². The predicted octanol–water partition coefficient (Wildman–Crippen LogP) is 1.33. The molecule has 2 N–H and O–H groups in total. The van der Waals surface area contributed by atoms with Crippen molar-refractivity contribution in [3.8, 4) is 0 Å². The lowest BCUT2D eigenvalue weighted by Crippen LogP contribution is -2.39. The zero-order valence-corrected chi connectivity index (χ0v) is 13.1. The SMILES string of the molecule is CC1(C)CC(=O)c2cnc(N3CCC(C(N)=O)CC3)nc2C1. The molecule has 118 valence electrons. The molecule has 0 aromatic carbocycles. The second-order valence-corrected chi connectivity index (χ2v) is 7.14. The molecule has 0 unspecified atom stereocenters. The van der Waals surface area contributed by atoms with Crippen molar-refractivity contribution in [1.29, 1.82) is 0 Å². The number of nitrogens with two attached hydrogens (primary N) is 1. The molecule has 0 saturated carbocycles. The first-order valence-electron chi connectivity index (χ1n) is 7.79. The van der Waals surface area contributed by atoms with E-state index < -0.39 is 0 Å². The first-order chi connectivity index (χ1) is 10.4. The number of hydrogen-bond donors (Lipinski definition) is 1. The first kappa shape index (κ1) is 14.9. The number of nitrogens with zero attached hydrogens (tertiary/aromatic N) is 3. The van der Waals surface area contributed by atoms with Gasteiger partial charge in [0.15, 0.2) is 5.78 Å². The minimum absolute atomic E-state index is 0.0469. The van der Waals surface area contributed by atoms with E-state index in [2.05, 4.69) is 28.7 Å². The summed E-state index contributed by atoms with van der Waals surface area (Å²) in [5.74, 6) is 0.519. The summed E-state index contributed by atoms with van der Waals surface area (Å²) in [6, 6.07) is 0. The van der Waals surface area contributed by atoms with Gasteiger partial charge in [-0.1, -0.05) is 13.8 Å². The van der Waals surface area contributed by atoms with E-state index in [1.165, 1.54) is 0 Å². The van der Waals surface area contributed by atoms with Crippen LogP contribution in [0.15, 0.2) is 6.20 Å². The maximum Gasteiger partial charge on any atom is 0.225 e. The Hall–Kier alpha value is -1.98. The molecule has 22 heavy (non-hydrogen) atoms. The summed E-state index contributed by atoms with van der Waals surface area (Å²) in [6.07, 6.45) is 4.48. The van der Waals surface area contributed by atoms with Gasteiger partial charge in [0.1, 0.15) is 0 Å². The number of carbonyl (C=O) groups is 2. The normalized spacial score (nSPS) is 21.5. The lowest BCUT2D eigenvalue weighted by molar-refractivity contribution is -0.122. The van der Waals surface area contributed by atoms with Crippen LogP contribution in [-0.2, 0) is 11.2 Å². The Labute approximate surface area is 130 Å². The molecule has 0 radical (unpaired) electrons. The monoisotopic (exact) mass is 302 g/mol. The van der Waals surface area contributed by atoms with E-state index >= 15 is 0 Å². The number of hydrogen-bond acceptors (Lipinski definition) is 5. The Bertz CT molecular complexity index is 619. The average molecular weight is 302 g/mol. The van der Waals surface area contributed by atoms with Gasteiger partial charge >= 0.3 is 0 Å². The highest BCUT2D eigenvalue weighted by Gasteiger charge is 2.33. The summed E-state index contributed by atoms with van der Waals surface area (Å²) >= 11 is 0. The van der Waals surface area contributed by atoms with Gasteiger partial charge in [0.05, 0.1) is 11.3 Å². The number of aromatic nitrogens is 2. The van der Waals surface area contributed by atoms with Gasteiger partial charge in [0.2, 0.25) is 11.9 Å². The molecule has 1 fully saturated rings. The van der Waals surface area contributed by atoms with Gasteiger partial charge < -0.3 is 10.6 Å². The van der Waals surface area contributed by atoms with Crippen molar-refractivity contribution in [2.75, 3.05) is 18.0 Å². The molecule has 0 spiro atoms. The van der Waals surface area contributed by atoms with E-state index in [4.69, 9.17) is 5.73 Å². The third kappa shape index (κ3) is 2.82. The molecule has 0 atom stereocenters. The summed E-state index contributed by atoms with van der Waals surface area (Å²) in [5, 5.41) is 0. The largest absolute Gasteiger partial charge is 0.369 e. The number of rotatable bonds is 2. The number of fused-ring (bicyclic) bond motifs is 1. The second kappa shape index (κ2) is 5.34. The van der Waals surface area contributed by atoms with Gasteiger partial charge in [-0.2, -0.15) is 0 Å². The van der Waals surface area contributed by atoms with E-state index in [1.54, 1.807) is 6.20 Å². The van der Waals surface area contributed by atoms with Crippen molar-refractivity contribution >= 4 is 17.6 Å². The van der Waals surface area contributed by atoms with Crippen molar-refractivity contribution < 1.29 is 9.59 Å². The van der Waals surface area contributed by atoms with E-state index in [0.717, 1.165) is 38.0 Å². The number of anilines is 1. The number of Topliss-reactive ketones (excluding diaryl/α,β-unsaturated/α-hetero) is 1. The van der Waals surface area contributed by atoms with Gasteiger partial charge in [-0.15, -0.1) is 0 Å².